The molecule has 2 heterocycles. The number of halogens is 2. The second-order valence-corrected chi connectivity index (χ2v) is 4.10. The smallest absolute Gasteiger partial charge is 0.266 e. The van der Waals surface area contributed by atoms with Crippen molar-refractivity contribution in [2.75, 3.05) is 18.0 Å². The first-order valence-electron chi connectivity index (χ1n) is 5.20. The Kier molecular flexibility index (Phi) is 2.79. The number of aromatic nitrogens is 2. The van der Waals surface area contributed by atoms with Crippen LogP contribution in [0.25, 0.3) is 0 Å². The third kappa shape index (κ3) is 2.29. The predicted octanol–water partition coefficient (Wildman–Crippen LogP) is 1.32. The molecule has 16 heavy (non-hydrogen) atoms. The highest BCUT2D eigenvalue weighted by Gasteiger charge is 2.36. The molecule has 0 bridgehead atoms. The summed E-state index contributed by atoms with van der Waals surface area (Å²) in [6, 6.07) is -0.383. The van der Waals surface area contributed by atoms with Crippen LogP contribution in [0.1, 0.15) is 31.7 Å². The summed E-state index contributed by atoms with van der Waals surface area (Å²) in [5, 5.41) is 3.65. The average Bonchev–Trinajstić information content (AvgIpc) is 2.64. The molecule has 1 fully saturated rings. The average molecular weight is 232 g/mol. The zero-order chi connectivity index (χ0) is 11.8. The van der Waals surface area contributed by atoms with Crippen molar-refractivity contribution in [1.29, 1.82) is 0 Å². The Morgan fingerprint density at radius 3 is 2.88 bits per heavy atom. The first-order chi connectivity index (χ1) is 7.48. The molecule has 2 N–H and O–H groups in total. The van der Waals surface area contributed by atoms with Gasteiger partial charge < -0.3 is 15.2 Å². The fourth-order valence-corrected chi connectivity index (χ4v) is 1.68. The minimum atomic E-state index is -2.67. The minimum absolute atomic E-state index is 0.0818. The highest BCUT2D eigenvalue weighted by molar-refractivity contribution is 5.29. The maximum Gasteiger partial charge on any atom is 0.266 e. The number of nitrogens with two attached hydrogens (primary N) is 1. The van der Waals surface area contributed by atoms with Crippen LogP contribution in [0.2, 0.25) is 0 Å². The first kappa shape index (κ1) is 11.3. The number of hydrogen-bond donors (Lipinski definition) is 1. The van der Waals surface area contributed by atoms with E-state index in [0.717, 1.165) is 0 Å². The molecule has 1 atom stereocenters. The third-order valence-corrected chi connectivity index (χ3v) is 2.50. The van der Waals surface area contributed by atoms with Crippen LogP contribution in [0.3, 0.4) is 0 Å². The maximum atomic E-state index is 13.2. The van der Waals surface area contributed by atoms with E-state index in [4.69, 9.17) is 10.3 Å². The Morgan fingerprint density at radius 1 is 1.56 bits per heavy atom. The van der Waals surface area contributed by atoms with Crippen molar-refractivity contribution in [1.82, 2.24) is 10.1 Å². The normalized spacial score (nSPS) is 22.1. The third-order valence-electron chi connectivity index (χ3n) is 2.50. The van der Waals surface area contributed by atoms with E-state index >= 15 is 0 Å². The Bertz CT molecular complexity index is 366. The van der Waals surface area contributed by atoms with Crippen LogP contribution in [0.15, 0.2) is 4.52 Å². The number of hydrogen-bond acceptors (Lipinski definition) is 5. The molecule has 0 unspecified atom stereocenters. The number of nitrogens with zero attached hydrogens (tertiary/aromatic N) is 3. The van der Waals surface area contributed by atoms with E-state index in [1.54, 1.807) is 6.92 Å². The van der Waals surface area contributed by atoms with E-state index in [1.165, 1.54) is 4.90 Å². The van der Waals surface area contributed by atoms with E-state index in [1.807, 2.05) is 0 Å². The zero-order valence-electron chi connectivity index (χ0n) is 8.99. The predicted molar refractivity (Wildman–Crippen MR) is 53.3 cm³/mol. The Balaban J connectivity index is 2.11. The number of anilines is 1. The minimum Gasteiger partial charge on any atom is -0.336 e. The second kappa shape index (κ2) is 3.97. The van der Waals surface area contributed by atoms with Crippen molar-refractivity contribution >= 4 is 5.95 Å². The van der Waals surface area contributed by atoms with Gasteiger partial charge in [-0.05, 0) is 18.5 Å². The van der Waals surface area contributed by atoms with Gasteiger partial charge in [-0.15, -0.1) is 0 Å². The van der Waals surface area contributed by atoms with Crippen molar-refractivity contribution < 1.29 is 13.3 Å². The van der Waals surface area contributed by atoms with Gasteiger partial charge in [0.15, 0.2) is 0 Å². The van der Waals surface area contributed by atoms with Crippen LogP contribution in [0.5, 0.6) is 0 Å². The van der Waals surface area contributed by atoms with E-state index in [-0.39, 0.29) is 30.8 Å². The molecule has 90 valence electrons. The van der Waals surface area contributed by atoms with Gasteiger partial charge in [0.1, 0.15) is 0 Å². The molecule has 0 spiro atoms. The monoisotopic (exact) mass is 232 g/mol. The molecule has 7 heteroatoms. The van der Waals surface area contributed by atoms with Gasteiger partial charge in [-0.3, -0.25) is 0 Å². The van der Waals surface area contributed by atoms with Gasteiger partial charge in [0, 0.05) is 13.0 Å². The van der Waals surface area contributed by atoms with Crippen LogP contribution in [0, 0.1) is 0 Å². The molecule has 0 saturated carbocycles. The summed E-state index contributed by atoms with van der Waals surface area (Å²) in [6.45, 7) is 1.86. The van der Waals surface area contributed by atoms with Crippen LogP contribution >= 0.6 is 0 Å². The molecule has 1 aromatic rings. The first-order valence-corrected chi connectivity index (χ1v) is 5.20. The lowest BCUT2D eigenvalue weighted by atomic mass is 10.1. The van der Waals surface area contributed by atoms with Crippen molar-refractivity contribution in [3.05, 3.63) is 5.89 Å². The summed E-state index contributed by atoms with van der Waals surface area (Å²) in [7, 11) is 0. The van der Waals surface area contributed by atoms with Gasteiger partial charge in [-0.2, -0.15) is 4.98 Å². The van der Waals surface area contributed by atoms with Crippen molar-refractivity contribution in [3.8, 4) is 0 Å². The lowest BCUT2D eigenvalue weighted by molar-refractivity contribution is -0.0121. The van der Waals surface area contributed by atoms with Gasteiger partial charge >= 0.3 is 0 Å². The number of rotatable bonds is 2. The Morgan fingerprint density at radius 2 is 2.31 bits per heavy atom. The Labute approximate surface area is 91.6 Å². The van der Waals surface area contributed by atoms with E-state index < -0.39 is 5.92 Å². The van der Waals surface area contributed by atoms with E-state index in [0.29, 0.717) is 13.0 Å². The van der Waals surface area contributed by atoms with Gasteiger partial charge in [0.2, 0.25) is 5.89 Å². The fraction of sp³-hybridized carbons (Fsp3) is 0.778. The molecular formula is C9H14F2N4O. The van der Waals surface area contributed by atoms with Crippen LogP contribution in [-0.4, -0.2) is 29.2 Å². The topological polar surface area (TPSA) is 68.2 Å². The number of alkyl halides is 2. The highest BCUT2D eigenvalue weighted by Crippen LogP contribution is 2.28. The molecule has 0 aromatic carbocycles. The summed E-state index contributed by atoms with van der Waals surface area (Å²) in [5.41, 5.74) is 5.55. The Hall–Kier alpha value is -1.24. The van der Waals surface area contributed by atoms with Gasteiger partial charge in [-0.1, -0.05) is 0 Å². The fourth-order valence-electron chi connectivity index (χ4n) is 1.68. The molecule has 1 aromatic heterocycles. The van der Waals surface area contributed by atoms with Crippen LogP contribution in [-0.2, 0) is 0 Å². The van der Waals surface area contributed by atoms with Crippen LogP contribution in [0.4, 0.5) is 14.7 Å². The summed E-state index contributed by atoms with van der Waals surface area (Å²) >= 11 is 0. The molecule has 0 amide bonds. The second-order valence-electron chi connectivity index (χ2n) is 4.10. The van der Waals surface area contributed by atoms with Crippen LogP contribution < -0.4 is 10.6 Å². The lowest BCUT2D eigenvalue weighted by Crippen LogP contribution is -2.43. The zero-order valence-corrected chi connectivity index (χ0v) is 8.99. The van der Waals surface area contributed by atoms with Gasteiger partial charge in [0.25, 0.3) is 11.9 Å². The summed E-state index contributed by atoms with van der Waals surface area (Å²) in [6.07, 6.45) is 0.344. The SMILES string of the molecule is C[C@H](N)c1nc(N2CCCC(F)(F)C2)no1. The van der Waals surface area contributed by atoms with Gasteiger partial charge in [0.05, 0.1) is 12.6 Å². The lowest BCUT2D eigenvalue weighted by Gasteiger charge is -2.31. The van der Waals surface area contributed by atoms with Crippen molar-refractivity contribution in [2.24, 2.45) is 5.73 Å². The van der Waals surface area contributed by atoms with Crippen molar-refractivity contribution in [2.45, 2.75) is 31.7 Å². The van der Waals surface area contributed by atoms with E-state index in [2.05, 4.69) is 10.1 Å². The molecule has 0 radical (unpaired) electrons. The summed E-state index contributed by atoms with van der Waals surface area (Å²) < 4.78 is 31.2. The number of piperidine rings is 1. The summed E-state index contributed by atoms with van der Waals surface area (Å²) in [5.74, 6) is -2.21. The maximum absolute atomic E-state index is 13.2. The van der Waals surface area contributed by atoms with E-state index in [9.17, 15) is 8.78 Å². The molecular weight excluding hydrogens is 218 g/mol. The quantitative estimate of drug-likeness (QED) is 0.833. The summed E-state index contributed by atoms with van der Waals surface area (Å²) in [4.78, 5) is 5.42. The van der Waals surface area contributed by atoms with Crippen molar-refractivity contribution in [3.63, 3.8) is 0 Å². The standard InChI is InChI=1S/C9H14F2N4O/c1-6(12)7-13-8(14-16-7)15-4-2-3-9(10,11)5-15/h6H,2-5,12H2,1H3/t6-/m0/s1. The molecule has 0 aliphatic carbocycles. The molecule has 5 nitrogen and oxygen atoms in total. The molecule has 2 rings (SSSR count). The largest absolute Gasteiger partial charge is 0.336 e. The molecule has 1 saturated heterocycles. The van der Waals surface area contributed by atoms with Gasteiger partial charge in [-0.25, -0.2) is 8.78 Å². The molecule has 1 aliphatic heterocycles. The molecule has 1 aliphatic rings. The highest BCUT2D eigenvalue weighted by atomic mass is 19.3.